The van der Waals surface area contributed by atoms with Crippen LogP contribution in [-0.2, 0) is 9.84 Å². The lowest BCUT2D eigenvalue weighted by Crippen LogP contribution is -2.44. The maximum absolute atomic E-state index is 12.5. The summed E-state index contributed by atoms with van der Waals surface area (Å²) in [5.74, 6) is 0. The van der Waals surface area contributed by atoms with Crippen molar-refractivity contribution < 1.29 is 8.42 Å². The zero-order valence-electron chi connectivity index (χ0n) is 10.5. The van der Waals surface area contributed by atoms with Crippen molar-refractivity contribution >= 4 is 9.84 Å². The fourth-order valence-corrected chi connectivity index (χ4v) is 4.99. The Bertz CT molecular complexity index is 520. The minimum Gasteiger partial charge on any atom is -0.328 e. The SMILES string of the molecule is Cc1cc(C)c(S(=O)(=O)C2CC(N)C2)c(C)c1. The van der Waals surface area contributed by atoms with Gasteiger partial charge >= 0.3 is 0 Å². The predicted octanol–water partition coefficient (Wildman–Crippen LogP) is 1.88. The zero-order valence-corrected chi connectivity index (χ0v) is 11.3. The Hall–Kier alpha value is -0.870. The number of sulfone groups is 1. The fraction of sp³-hybridized carbons (Fsp3) is 0.538. The number of benzene rings is 1. The monoisotopic (exact) mass is 253 g/mol. The van der Waals surface area contributed by atoms with Crippen LogP contribution in [0.15, 0.2) is 17.0 Å². The summed E-state index contributed by atoms with van der Waals surface area (Å²) in [4.78, 5) is 0.514. The molecule has 3 nitrogen and oxygen atoms in total. The molecule has 0 atom stereocenters. The number of aryl methyl sites for hydroxylation is 3. The van der Waals surface area contributed by atoms with E-state index in [2.05, 4.69) is 0 Å². The topological polar surface area (TPSA) is 60.2 Å². The van der Waals surface area contributed by atoms with E-state index >= 15 is 0 Å². The van der Waals surface area contributed by atoms with Gasteiger partial charge in [0, 0.05) is 6.04 Å². The van der Waals surface area contributed by atoms with Crippen LogP contribution < -0.4 is 5.73 Å². The first-order chi connectivity index (χ1) is 7.82. The molecule has 0 unspecified atom stereocenters. The van der Waals surface area contributed by atoms with Gasteiger partial charge < -0.3 is 5.73 Å². The summed E-state index contributed by atoms with van der Waals surface area (Å²) < 4.78 is 24.9. The Morgan fingerprint density at radius 3 is 2.00 bits per heavy atom. The average molecular weight is 253 g/mol. The lowest BCUT2D eigenvalue weighted by molar-refractivity contribution is 0.408. The van der Waals surface area contributed by atoms with Gasteiger partial charge in [0.2, 0.25) is 0 Å². The number of hydrogen-bond donors (Lipinski definition) is 1. The first-order valence-corrected chi connectivity index (χ1v) is 7.44. The van der Waals surface area contributed by atoms with Crippen LogP contribution in [0.4, 0.5) is 0 Å². The fourth-order valence-electron chi connectivity index (χ4n) is 2.64. The van der Waals surface area contributed by atoms with Crippen LogP contribution in [0.25, 0.3) is 0 Å². The molecule has 0 spiro atoms. The second kappa shape index (κ2) is 4.10. The molecule has 1 aliphatic carbocycles. The largest absolute Gasteiger partial charge is 0.328 e. The summed E-state index contributed by atoms with van der Waals surface area (Å²) in [6.07, 6.45) is 1.18. The van der Waals surface area contributed by atoms with Crippen LogP contribution in [0.1, 0.15) is 29.5 Å². The van der Waals surface area contributed by atoms with Crippen molar-refractivity contribution in [3.63, 3.8) is 0 Å². The third-order valence-corrected chi connectivity index (χ3v) is 5.93. The van der Waals surface area contributed by atoms with E-state index < -0.39 is 9.84 Å². The van der Waals surface area contributed by atoms with Crippen LogP contribution in [0.3, 0.4) is 0 Å². The van der Waals surface area contributed by atoms with E-state index in [-0.39, 0.29) is 11.3 Å². The minimum atomic E-state index is -3.19. The maximum Gasteiger partial charge on any atom is 0.181 e. The summed E-state index contributed by atoms with van der Waals surface area (Å²) >= 11 is 0. The molecule has 4 heteroatoms. The lowest BCUT2D eigenvalue weighted by atomic mass is 9.93. The molecule has 1 fully saturated rings. The standard InChI is InChI=1S/C13H19NO2S/c1-8-4-9(2)13(10(3)5-8)17(15,16)12-6-11(14)7-12/h4-5,11-12H,6-7,14H2,1-3H3. The van der Waals surface area contributed by atoms with Crippen molar-refractivity contribution in [2.75, 3.05) is 0 Å². The third-order valence-electron chi connectivity index (χ3n) is 3.46. The third kappa shape index (κ3) is 2.11. The first kappa shape index (κ1) is 12.6. The highest BCUT2D eigenvalue weighted by Crippen LogP contribution is 2.33. The van der Waals surface area contributed by atoms with E-state index in [0.29, 0.717) is 17.7 Å². The molecular formula is C13H19NO2S. The zero-order chi connectivity index (χ0) is 12.8. The van der Waals surface area contributed by atoms with E-state index in [0.717, 1.165) is 16.7 Å². The van der Waals surface area contributed by atoms with E-state index in [1.54, 1.807) is 0 Å². The molecule has 1 aliphatic rings. The van der Waals surface area contributed by atoms with E-state index in [1.165, 1.54) is 0 Å². The van der Waals surface area contributed by atoms with Gasteiger partial charge in [-0.2, -0.15) is 0 Å². The molecule has 0 saturated heterocycles. The Morgan fingerprint density at radius 1 is 1.12 bits per heavy atom. The van der Waals surface area contributed by atoms with Crippen molar-refractivity contribution in [1.82, 2.24) is 0 Å². The molecule has 0 radical (unpaired) electrons. The summed E-state index contributed by atoms with van der Waals surface area (Å²) in [5.41, 5.74) is 8.48. The predicted molar refractivity (Wildman–Crippen MR) is 68.8 cm³/mol. The van der Waals surface area contributed by atoms with Crippen molar-refractivity contribution in [1.29, 1.82) is 0 Å². The van der Waals surface area contributed by atoms with Gasteiger partial charge in [-0.3, -0.25) is 0 Å². The Kier molecular flexibility index (Phi) is 3.04. The summed E-state index contributed by atoms with van der Waals surface area (Å²) in [6.45, 7) is 5.71. The van der Waals surface area contributed by atoms with E-state index in [1.807, 2.05) is 32.9 Å². The molecule has 1 saturated carbocycles. The molecule has 2 N–H and O–H groups in total. The second-order valence-electron chi connectivity index (χ2n) is 5.13. The number of hydrogen-bond acceptors (Lipinski definition) is 3. The highest BCUT2D eigenvalue weighted by atomic mass is 32.2. The van der Waals surface area contributed by atoms with Crippen LogP contribution >= 0.6 is 0 Å². The highest BCUT2D eigenvalue weighted by Gasteiger charge is 2.39. The quantitative estimate of drug-likeness (QED) is 0.875. The Balaban J connectivity index is 2.47. The molecule has 1 aromatic rings. The van der Waals surface area contributed by atoms with E-state index in [4.69, 9.17) is 5.73 Å². The van der Waals surface area contributed by atoms with Crippen molar-refractivity contribution in [2.45, 2.75) is 49.8 Å². The van der Waals surface area contributed by atoms with Crippen LogP contribution in [0.5, 0.6) is 0 Å². The van der Waals surface area contributed by atoms with Crippen molar-refractivity contribution in [3.05, 3.63) is 28.8 Å². The van der Waals surface area contributed by atoms with Crippen molar-refractivity contribution in [2.24, 2.45) is 5.73 Å². The van der Waals surface area contributed by atoms with Crippen molar-refractivity contribution in [3.8, 4) is 0 Å². The van der Waals surface area contributed by atoms with Gasteiger partial charge in [0.05, 0.1) is 10.1 Å². The minimum absolute atomic E-state index is 0.0563. The van der Waals surface area contributed by atoms with Gasteiger partial charge in [0.1, 0.15) is 0 Å². The van der Waals surface area contributed by atoms with E-state index in [9.17, 15) is 8.42 Å². The average Bonchev–Trinajstić information content (AvgIpc) is 2.10. The molecular weight excluding hydrogens is 234 g/mol. The van der Waals surface area contributed by atoms with Gasteiger partial charge in [0.25, 0.3) is 0 Å². The molecule has 0 bridgehead atoms. The van der Waals surface area contributed by atoms with Crippen LogP contribution in [-0.4, -0.2) is 19.7 Å². The summed E-state index contributed by atoms with van der Waals surface area (Å²) in [7, 11) is -3.19. The normalized spacial score (nSPS) is 24.5. The molecule has 2 rings (SSSR count). The molecule has 17 heavy (non-hydrogen) atoms. The maximum atomic E-state index is 12.5. The Labute approximate surface area is 103 Å². The molecule has 0 aromatic heterocycles. The lowest BCUT2D eigenvalue weighted by Gasteiger charge is -2.32. The molecule has 0 aliphatic heterocycles. The van der Waals surface area contributed by atoms with Gasteiger partial charge in [-0.15, -0.1) is 0 Å². The van der Waals surface area contributed by atoms with Gasteiger partial charge in [-0.25, -0.2) is 8.42 Å². The van der Waals surface area contributed by atoms with Gasteiger partial charge in [-0.1, -0.05) is 17.7 Å². The van der Waals surface area contributed by atoms with Gasteiger partial charge in [0.15, 0.2) is 9.84 Å². The summed E-state index contributed by atoms with van der Waals surface area (Å²) in [6, 6.07) is 3.91. The second-order valence-corrected chi connectivity index (χ2v) is 7.29. The Morgan fingerprint density at radius 2 is 1.59 bits per heavy atom. The van der Waals surface area contributed by atoms with Crippen LogP contribution in [0, 0.1) is 20.8 Å². The first-order valence-electron chi connectivity index (χ1n) is 5.89. The number of nitrogens with two attached hydrogens (primary N) is 1. The number of rotatable bonds is 2. The summed E-state index contributed by atoms with van der Waals surface area (Å²) in [5, 5.41) is -0.280. The smallest absolute Gasteiger partial charge is 0.181 e. The molecule has 1 aromatic carbocycles. The van der Waals surface area contributed by atoms with Gasteiger partial charge in [-0.05, 0) is 44.7 Å². The molecule has 0 amide bonds. The molecule has 94 valence electrons. The highest BCUT2D eigenvalue weighted by molar-refractivity contribution is 7.92. The van der Waals surface area contributed by atoms with Crippen LogP contribution in [0.2, 0.25) is 0 Å². The molecule has 0 heterocycles.